The lowest BCUT2D eigenvalue weighted by atomic mass is 9.72. The topological polar surface area (TPSA) is 59.0 Å². The number of hydrogen-bond acceptors (Lipinski definition) is 4. The monoisotopic (exact) mass is 399 g/mol. The van der Waals surface area contributed by atoms with Crippen LogP contribution in [0.25, 0.3) is 0 Å². The minimum absolute atomic E-state index is 0.191. The van der Waals surface area contributed by atoms with E-state index in [-0.39, 0.29) is 43.2 Å². The number of piperidine rings is 2. The Kier molecular flexibility index (Phi) is 5.46. The van der Waals surface area contributed by atoms with Gasteiger partial charge >= 0.3 is 6.09 Å². The third-order valence-electron chi connectivity index (χ3n) is 6.08. The van der Waals surface area contributed by atoms with Crippen molar-refractivity contribution in [2.24, 2.45) is 0 Å². The van der Waals surface area contributed by atoms with E-state index in [1.807, 2.05) is 30.3 Å². The second-order valence-corrected chi connectivity index (χ2v) is 7.94. The molecule has 6 heteroatoms. The van der Waals surface area contributed by atoms with Crippen LogP contribution < -0.4 is 4.74 Å². The molecule has 2 saturated heterocycles. The van der Waals surface area contributed by atoms with Crippen LogP contribution in [0.1, 0.15) is 43.2 Å². The molecule has 2 aliphatic heterocycles. The molecule has 0 spiro atoms. The number of rotatable bonds is 4. The van der Waals surface area contributed by atoms with Gasteiger partial charge < -0.3 is 19.5 Å². The average Bonchev–Trinajstić information content (AvgIpc) is 2.71. The number of benzene rings is 2. The first-order chi connectivity index (χ1) is 14.0. The van der Waals surface area contributed by atoms with Crippen LogP contribution in [0.15, 0.2) is 48.5 Å². The van der Waals surface area contributed by atoms with Crippen molar-refractivity contribution in [3.8, 4) is 5.75 Å². The smallest absolute Gasteiger partial charge is 0.410 e. The summed E-state index contributed by atoms with van der Waals surface area (Å²) in [6.07, 6.45) is 2.66. The number of methoxy groups -OCH3 is 1. The van der Waals surface area contributed by atoms with Gasteiger partial charge in [0.25, 0.3) is 0 Å². The predicted octanol–water partition coefficient (Wildman–Crippen LogP) is 4.38. The maximum absolute atomic E-state index is 14.7. The first-order valence-corrected chi connectivity index (χ1v) is 10.1. The van der Waals surface area contributed by atoms with Gasteiger partial charge in [-0.25, -0.2) is 9.18 Å². The average molecular weight is 399 g/mol. The highest BCUT2D eigenvalue weighted by molar-refractivity contribution is 5.69. The lowest BCUT2D eigenvalue weighted by Crippen LogP contribution is -2.59. The standard InChI is InChI=1S/C23H26FNO4/c1-28-20-12-6-11-19(24)21(20)23(27)13-17-9-5-10-18(14-23)25(17)22(26)29-15-16-7-3-2-4-8-16/h2-4,6-8,11-12,17-18,27H,5,9-10,13-15H2,1H3. The van der Waals surface area contributed by atoms with Crippen LogP contribution in [-0.2, 0) is 16.9 Å². The Labute approximate surface area is 170 Å². The van der Waals surface area contributed by atoms with Gasteiger partial charge in [0.05, 0.1) is 12.7 Å². The largest absolute Gasteiger partial charge is 0.496 e. The van der Waals surface area contributed by atoms with E-state index in [0.717, 1.165) is 24.8 Å². The fraction of sp³-hybridized carbons (Fsp3) is 0.435. The van der Waals surface area contributed by atoms with Crippen molar-refractivity contribution in [2.75, 3.05) is 7.11 Å². The van der Waals surface area contributed by atoms with Crippen LogP contribution >= 0.6 is 0 Å². The minimum Gasteiger partial charge on any atom is -0.496 e. The third-order valence-corrected chi connectivity index (χ3v) is 6.08. The van der Waals surface area contributed by atoms with E-state index in [9.17, 15) is 14.3 Å². The summed E-state index contributed by atoms with van der Waals surface area (Å²) >= 11 is 0. The highest BCUT2D eigenvalue weighted by atomic mass is 19.1. The van der Waals surface area contributed by atoms with Gasteiger partial charge in [0, 0.05) is 24.9 Å². The number of fused-ring (bicyclic) bond motifs is 2. The minimum atomic E-state index is -1.37. The number of carbonyl (C=O) groups excluding carboxylic acids is 1. The van der Waals surface area contributed by atoms with Crippen molar-refractivity contribution in [2.45, 2.75) is 56.4 Å². The summed E-state index contributed by atoms with van der Waals surface area (Å²) in [5.41, 5.74) is -0.254. The van der Waals surface area contributed by atoms with Gasteiger partial charge in [0.1, 0.15) is 23.8 Å². The zero-order valence-electron chi connectivity index (χ0n) is 16.5. The molecule has 2 unspecified atom stereocenters. The SMILES string of the molecule is COc1cccc(F)c1C1(O)CC2CCCC(C1)N2C(=O)OCc1ccccc1. The van der Waals surface area contributed by atoms with E-state index in [0.29, 0.717) is 5.75 Å². The molecule has 1 N–H and O–H groups in total. The first kappa shape index (κ1) is 19.7. The van der Waals surface area contributed by atoms with Gasteiger partial charge in [-0.15, -0.1) is 0 Å². The lowest BCUT2D eigenvalue weighted by molar-refractivity contribution is -0.0920. The van der Waals surface area contributed by atoms with Crippen LogP contribution in [0.3, 0.4) is 0 Å². The second kappa shape index (κ2) is 8.03. The molecule has 0 saturated carbocycles. The summed E-state index contributed by atoms with van der Waals surface area (Å²) in [5.74, 6) is -0.143. The molecule has 2 atom stereocenters. The van der Waals surface area contributed by atoms with Crippen LogP contribution in [-0.4, -0.2) is 35.3 Å². The molecule has 2 bridgehead atoms. The van der Waals surface area contributed by atoms with Gasteiger partial charge in [-0.3, -0.25) is 0 Å². The number of ether oxygens (including phenoxy) is 2. The summed E-state index contributed by atoms with van der Waals surface area (Å²) in [7, 11) is 1.47. The van der Waals surface area contributed by atoms with E-state index in [4.69, 9.17) is 9.47 Å². The molecule has 2 heterocycles. The molecule has 154 valence electrons. The Bertz CT molecular complexity index is 858. The summed E-state index contributed by atoms with van der Waals surface area (Å²) in [4.78, 5) is 14.6. The molecule has 0 radical (unpaired) electrons. The van der Waals surface area contributed by atoms with Crippen LogP contribution in [0.2, 0.25) is 0 Å². The molecular weight excluding hydrogens is 373 g/mol. The summed E-state index contributed by atoms with van der Waals surface area (Å²) in [6, 6.07) is 13.7. The van der Waals surface area contributed by atoms with Crippen molar-refractivity contribution in [1.29, 1.82) is 0 Å². The van der Waals surface area contributed by atoms with E-state index >= 15 is 0 Å². The van der Waals surface area contributed by atoms with Crippen molar-refractivity contribution in [3.05, 3.63) is 65.5 Å². The Morgan fingerprint density at radius 2 is 1.83 bits per heavy atom. The van der Waals surface area contributed by atoms with E-state index < -0.39 is 11.4 Å². The number of nitrogens with zero attached hydrogens (tertiary/aromatic N) is 1. The highest BCUT2D eigenvalue weighted by Gasteiger charge is 2.50. The van der Waals surface area contributed by atoms with Crippen molar-refractivity contribution >= 4 is 6.09 Å². The van der Waals surface area contributed by atoms with Gasteiger partial charge in [-0.2, -0.15) is 0 Å². The maximum atomic E-state index is 14.7. The second-order valence-electron chi connectivity index (χ2n) is 7.94. The number of hydrogen-bond donors (Lipinski definition) is 1. The van der Waals surface area contributed by atoms with Crippen LogP contribution in [0, 0.1) is 5.82 Å². The Balaban J connectivity index is 1.54. The number of halogens is 1. The lowest BCUT2D eigenvalue weighted by Gasteiger charge is -2.51. The van der Waals surface area contributed by atoms with Crippen LogP contribution in [0.5, 0.6) is 5.75 Å². The molecule has 1 amide bonds. The van der Waals surface area contributed by atoms with Crippen molar-refractivity contribution in [1.82, 2.24) is 4.90 Å². The maximum Gasteiger partial charge on any atom is 0.410 e. The van der Waals surface area contributed by atoms with E-state index in [1.54, 1.807) is 17.0 Å². The number of carbonyl (C=O) groups is 1. The molecule has 0 aliphatic carbocycles. The molecule has 2 aromatic carbocycles. The third kappa shape index (κ3) is 3.81. The molecule has 2 fully saturated rings. The van der Waals surface area contributed by atoms with Gasteiger partial charge in [0.2, 0.25) is 0 Å². The number of amides is 1. The fourth-order valence-corrected chi connectivity index (χ4v) is 4.85. The molecule has 0 aromatic heterocycles. The molecule has 4 rings (SSSR count). The molecule has 29 heavy (non-hydrogen) atoms. The zero-order valence-corrected chi connectivity index (χ0v) is 16.5. The molecular formula is C23H26FNO4. The Morgan fingerprint density at radius 3 is 2.48 bits per heavy atom. The quantitative estimate of drug-likeness (QED) is 0.829. The van der Waals surface area contributed by atoms with Gasteiger partial charge in [-0.1, -0.05) is 36.4 Å². The summed E-state index contributed by atoms with van der Waals surface area (Å²) in [5, 5.41) is 11.4. The normalized spacial score (nSPS) is 26.1. The van der Waals surface area contributed by atoms with Gasteiger partial charge in [-0.05, 0) is 37.0 Å². The van der Waals surface area contributed by atoms with Crippen molar-refractivity contribution < 1.29 is 23.8 Å². The van der Waals surface area contributed by atoms with Crippen molar-refractivity contribution in [3.63, 3.8) is 0 Å². The van der Waals surface area contributed by atoms with E-state index in [2.05, 4.69) is 0 Å². The summed E-state index contributed by atoms with van der Waals surface area (Å²) in [6.45, 7) is 0.209. The molecule has 2 aliphatic rings. The van der Waals surface area contributed by atoms with Crippen LogP contribution in [0.4, 0.5) is 9.18 Å². The summed E-state index contributed by atoms with van der Waals surface area (Å²) < 4.78 is 25.5. The zero-order chi connectivity index (χ0) is 20.4. The Hall–Kier alpha value is -2.60. The van der Waals surface area contributed by atoms with Gasteiger partial charge in [0.15, 0.2) is 0 Å². The fourth-order valence-electron chi connectivity index (χ4n) is 4.85. The van der Waals surface area contributed by atoms with E-state index in [1.165, 1.54) is 13.2 Å². The number of aliphatic hydroxyl groups is 1. The predicted molar refractivity (Wildman–Crippen MR) is 106 cm³/mol. The highest BCUT2D eigenvalue weighted by Crippen LogP contribution is 2.47. The molecule has 5 nitrogen and oxygen atoms in total. The molecule has 2 aromatic rings. The first-order valence-electron chi connectivity index (χ1n) is 10.1. The Morgan fingerprint density at radius 1 is 1.14 bits per heavy atom.